The molecule has 1 fully saturated rings. The Morgan fingerprint density at radius 2 is 1.95 bits per heavy atom. The Kier molecular flexibility index (Phi) is 5.98. The van der Waals surface area contributed by atoms with Crippen LogP contribution in [0.3, 0.4) is 0 Å². The van der Waals surface area contributed by atoms with Crippen LogP contribution in [-0.4, -0.2) is 39.5 Å². The van der Waals surface area contributed by atoms with Gasteiger partial charge in [-0.25, -0.2) is 17.5 Å². The summed E-state index contributed by atoms with van der Waals surface area (Å²) in [6, 6.07) is 3.56. The molecule has 7 heteroatoms. The molecule has 1 aliphatic rings. The number of likely N-dealkylation sites (tertiary alicyclic amines) is 1. The van der Waals surface area contributed by atoms with Crippen molar-refractivity contribution in [1.82, 2.24) is 9.62 Å². The molecule has 1 aliphatic heterocycles. The minimum absolute atomic E-state index is 0.177. The lowest BCUT2D eigenvalue weighted by Crippen LogP contribution is -2.33. The maximum atomic E-state index is 13.6. The van der Waals surface area contributed by atoms with Crippen LogP contribution in [0.25, 0.3) is 0 Å². The topological polar surface area (TPSA) is 49.4 Å². The molecule has 0 amide bonds. The van der Waals surface area contributed by atoms with Crippen molar-refractivity contribution in [2.45, 2.75) is 30.6 Å². The molecule has 1 heterocycles. The number of rotatable bonds is 6. The van der Waals surface area contributed by atoms with Crippen LogP contribution in [0.5, 0.6) is 0 Å². The molecule has 21 heavy (non-hydrogen) atoms. The Hall–Kier alpha value is -0.690. The summed E-state index contributed by atoms with van der Waals surface area (Å²) >= 11 is 5.62. The molecule has 0 radical (unpaired) electrons. The SMILES string of the molecule is O=S(=O)(NCCCN1CCCCC1)c1ccc(Cl)cc1F. The van der Waals surface area contributed by atoms with E-state index < -0.39 is 15.8 Å². The van der Waals surface area contributed by atoms with Gasteiger partial charge in [-0.3, -0.25) is 0 Å². The van der Waals surface area contributed by atoms with E-state index in [9.17, 15) is 12.8 Å². The molecule has 2 rings (SSSR count). The van der Waals surface area contributed by atoms with E-state index in [1.807, 2.05) is 0 Å². The van der Waals surface area contributed by atoms with Crippen LogP contribution in [0.15, 0.2) is 23.1 Å². The van der Waals surface area contributed by atoms with Crippen molar-refractivity contribution in [3.8, 4) is 0 Å². The Bertz CT molecular complexity index is 574. The van der Waals surface area contributed by atoms with E-state index in [0.29, 0.717) is 13.0 Å². The maximum absolute atomic E-state index is 13.6. The summed E-state index contributed by atoms with van der Waals surface area (Å²) in [7, 11) is -3.81. The second-order valence-electron chi connectivity index (χ2n) is 5.23. The summed E-state index contributed by atoms with van der Waals surface area (Å²) in [5.41, 5.74) is 0. The normalized spacial score (nSPS) is 17.0. The molecule has 0 atom stereocenters. The summed E-state index contributed by atoms with van der Waals surface area (Å²) < 4.78 is 40.1. The minimum Gasteiger partial charge on any atom is -0.303 e. The fraction of sp³-hybridized carbons (Fsp3) is 0.571. The van der Waals surface area contributed by atoms with Crippen LogP contribution >= 0.6 is 11.6 Å². The van der Waals surface area contributed by atoms with E-state index in [4.69, 9.17) is 11.6 Å². The summed E-state index contributed by atoms with van der Waals surface area (Å²) in [6.07, 6.45) is 4.41. The lowest BCUT2D eigenvalue weighted by molar-refractivity contribution is 0.227. The monoisotopic (exact) mass is 334 g/mol. The van der Waals surface area contributed by atoms with E-state index in [0.717, 1.165) is 25.7 Å². The summed E-state index contributed by atoms with van der Waals surface area (Å²) in [5.74, 6) is -0.828. The number of benzene rings is 1. The molecule has 1 N–H and O–H groups in total. The molecular formula is C14H20ClFN2O2S. The second-order valence-corrected chi connectivity index (χ2v) is 7.40. The zero-order valence-corrected chi connectivity index (χ0v) is 13.4. The van der Waals surface area contributed by atoms with Gasteiger partial charge in [0.15, 0.2) is 0 Å². The van der Waals surface area contributed by atoms with Gasteiger partial charge in [0.1, 0.15) is 10.7 Å². The molecule has 1 aromatic rings. The Labute approximate surface area is 130 Å². The van der Waals surface area contributed by atoms with E-state index in [2.05, 4.69) is 9.62 Å². The van der Waals surface area contributed by atoms with Gasteiger partial charge in [0, 0.05) is 11.6 Å². The van der Waals surface area contributed by atoms with E-state index in [1.54, 1.807) is 0 Å². The highest BCUT2D eigenvalue weighted by Gasteiger charge is 2.18. The van der Waals surface area contributed by atoms with Gasteiger partial charge in [0.2, 0.25) is 10.0 Å². The largest absolute Gasteiger partial charge is 0.303 e. The van der Waals surface area contributed by atoms with Crippen LogP contribution in [0, 0.1) is 5.82 Å². The van der Waals surface area contributed by atoms with Gasteiger partial charge in [-0.15, -0.1) is 0 Å². The number of halogens is 2. The molecule has 4 nitrogen and oxygen atoms in total. The van der Waals surface area contributed by atoms with Crippen molar-refractivity contribution >= 4 is 21.6 Å². The first-order valence-corrected chi connectivity index (χ1v) is 9.02. The molecule has 0 saturated carbocycles. The predicted octanol–water partition coefficient (Wildman–Crippen LogP) is 2.63. The van der Waals surface area contributed by atoms with Crippen LogP contribution < -0.4 is 4.72 Å². The van der Waals surface area contributed by atoms with Crippen molar-refractivity contribution in [2.75, 3.05) is 26.2 Å². The van der Waals surface area contributed by atoms with Crippen LogP contribution in [-0.2, 0) is 10.0 Å². The Balaban J connectivity index is 1.83. The number of nitrogens with zero attached hydrogens (tertiary/aromatic N) is 1. The van der Waals surface area contributed by atoms with Crippen LogP contribution in [0.2, 0.25) is 5.02 Å². The molecular weight excluding hydrogens is 315 g/mol. The first-order valence-electron chi connectivity index (χ1n) is 7.16. The van der Waals surface area contributed by atoms with Gasteiger partial charge in [-0.1, -0.05) is 18.0 Å². The van der Waals surface area contributed by atoms with Crippen molar-refractivity contribution in [2.24, 2.45) is 0 Å². The molecule has 118 valence electrons. The number of nitrogens with one attached hydrogen (secondary N) is 1. The summed E-state index contributed by atoms with van der Waals surface area (Å²) in [5, 5.41) is 0.177. The maximum Gasteiger partial charge on any atom is 0.243 e. The second kappa shape index (κ2) is 7.54. The number of hydrogen-bond acceptors (Lipinski definition) is 3. The van der Waals surface area contributed by atoms with Crippen molar-refractivity contribution in [3.63, 3.8) is 0 Å². The zero-order chi connectivity index (χ0) is 15.3. The van der Waals surface area contributed by atoms with Crippen molar-refractivity contribution < 1.29 is 12.8 Å². The first-order chi connectivity index (χ1) is 9.99. The van der Waals surface area contributed by atoms with Gasteiger partial charge < -0.3 is 4.90 Å². The van der Waals surface area contributed by atoms with E-state index in [1.165, 1.54) is 31.4 Å². The third-order valence-electron chi connectivity index (χ3n) is 3.58. The molecule has 0 aromatic heterocycles. The Morgan fingerprint density at radius 1 is 1.24 bits per heavy atom. The predicted molar refractivity (Wildman–Crippen MR) is 81.5 cm³/mol. The Morgan fingerprint density at radius 3 is 2.62 bits per heavy atom. The zero-order valence-electron chi connectivity index (χ0n) is 11.8. The molecule has 1 saturated heterocycles. The third-order valence-corrected chi connectivity index (χ3v) is 5.30. The smallest absolute Gasteiger partial charge is 0.243 e. The van der Waals surface area contributed by atoms with Gasteiger partial charge in [0.05, 0.1) is 0 Å². The van der Waals surface area contributed by atoms with Crippen molar-refractivity contribution in [1.29, 1.82) is 0 Å². The lowest BCUT2D eigenvalue weighted by atomic mass is 10.1. The van der Waals surface area contributed by atoms with E-state index in [-0.39, 0.29) is 9.92 Å². The highest BCUT2D eigenvalue weighted by Crippen LogP contribution is 2.18. The van der Waals surface area contributed by atoms with Crippen LogP contribution in [0.4, 0.5) is 4.39 Å². The van der Waals surface area contributed by atoms with Crippen LogP contribution in [0.1, 0.15) is 25.7 Å². The quantitative estimate of drug-likeness (QED) is 0.814. The fourth-order valence-electron chi connectivity index (χ4n) is 2.46. The first kappa shape index (κ1) is 16.7. The van der Waals surface area contributed by atoms with Gasteiger partial charge >= 0.3 is 0 Å². The number of hydrogen-bond donors (Lipinski definition) is 1. The highest BCUT2D eigenvalue weighted by molar-refractivity contribution is 7.89. The highest BCUT2D eigenvalue weighted by atomic mass is 35.5. The molecule has 0 aliphatic carbocycles. The summed E-state index contributed by atoms with van der Waals surface area (Å²) in [4.78, 5) is 1.98. The fourth-order valence-corrected chi connectivity index (χ4v) is 3.75. The van der Waals surface area contributed by atoms with Crippen molar-refractivity contribution in [3.05, 3.63) is 29.0 Å². The lowest BCUT2D eigenvalue weighted by Gasteiger charge is -2.26. The third kappa shape index (κ3) is 4.92. The van der Waals surface area contributed by atoms with Gasteiger partial charge in [0.25, 0.3) is 0 Å². The van der Waals surface area contributed by atoms with E-state index >= 15 is 0 Å². The minimum atomic E-state index is -3.81. The molecule has 0 unspecified atom stereocenters. The van der Waals surface area contributed by atoms with Gasteiger partial charge in [-0.05, 0) is 57.1 Å². The van der Waals surface area contributed by atoms with Gasteiger partial charge in [-0.2, -0.15) is 0 Å². The standard InChI is InChI=1S/C14H20ClFN2O2S/c15-12-5-6-14(13(16)11-12)21(19,20)17-7-4-10-18-8-2-1-3-9-18/h5-6,11,17H,1-4,7-10H2. The number of piperidine rings is 1. The number of sulfonamides is 1. The average Bonchev–Trinajstić information content (AvgIpc) is 2.44. The molecule has 0 bridgehead atoms. The summed E-state index contributed by atoms with van der Waals surface area (Å²) in [6.45, 7) is 3.34. The molecule has 1 aromatic carbocycles. The average molecular weight is 335 g/mol. The molecule has 0 spiro atoms.